The highest BCUT2D eigenvalue weighted by Gasteiger charge is 2.29. The number of carbonyl (C=O) groups is 1. The van der Waals surface area contributed by atoms with E-state index < -0.39 is 9.84 Å². The summed E-state index contributed by atoms with van der Waals surface area (Å²) in [6, 6.07) is 3.92. The lowest BCUT2D eigenvalue weighted by atomic mass is 10.0. The molecule has 2 saturated heterocycles. The first-order valence-corrected chi connectivity index (χ1v) is 11.5. The molecular formula is C19H29N3O3S. The Labute approximate surface area is 156 Å². The average molecular weight is 380 g/mol. The lowest BCUT2D eigenvalue weighted by molar-refractivity contribution is -0.122. The van der Waals surface area contributed by atoms with Crippen LogP contribution in [0.15, 0.2) is 18.3 Å². The van der Waals surface area contributed by atoms with Crippen LogP contribution in [0.25, 0.3) is 0 Å². The molecule has 2 aliphatic rings. The normalized spacial score (nSPS) is 23.2. The molecule has 1 aromatic heterocycles. The fraction of sp³-hybridized carbons (Fsp3) is 0.684. The van der Waals surface area contributed by atoms with E-state index in [-0.39, 0.29) is 23.3 Å². The first-order valence-electron chi connectivity index (χ1n) is 9.69. The minimum Gasteiger partial charge on any atom is -0.356 e. The van der Waals surface area contributed by atoms with Crippen molar-refractivity contribution in [3.05, 3.63) is 23.9 Å². The van der Waals surface area contributed by atoms with Crippen molar-refractivity contribution in [3.63, 3.8) is 0 Å². The maximum Gasteiger partial charge on any atom is 0.220 e. The molecule has 2 aliphatic heterocycles. The molecule has 1 aromatic rings. The van der Waals surface area contributed by atoms with E-state index in [0.29, 0.717) is 19.4 Å². The van der Waals surface area contributed by atoms with Crippen LogP contribution in [-0.4, -0.2) is 43.9 Å². The van der Waals surface area contributed by atoms with E-state index in [2.05, 4.69) is 15.2 Å². The van der Waals surface area contributed by atoms with Crippen LogP contribution in [0, 0.1) is 5.92 Å². The number of rotatable bonds is 5. The van der Waals surface area contributed by atoms with Gasteiger partial charge in [-0.15, -0.1) is 0 Å². The Hall–Kier alpha value is -1.63. The van der Waals surface area contributed by atoms with E-state index in [1.54, 1.807) is 0 Å². The molecule has 3 rings (SSSR count). The van der Waals surface area contributed by atoms with Crippen LogP contribution >= 0.6 is 0 Å². The lowest BCUT2D eigenvalue weighted by Gasteiger charge is -2.27. The molecule has 7 heteroatoms. The van der Waals surface area contributed by atoms with Crippen LogP contribution in [0.4, 0.5) is 5.82 Å². The molecule has 0 aromatic carbocycles. The number of carbonyl (C=O) groups excluding carboxylic acids is 1. The number of hydrogen-bond donors (Lipinski definition) is 1. The van der Waals surface area contributed by atoms with Gasteiger partial charge in [-0.3, -0.25) is 4.79 Å². The summed E-state index contributed by atoms with van der Waals surface area (Å²) in [6.45, 7) is 2.47. The second kappa shape index (κ2) is 8.84. The Morgan fingerprint density at radius 2 is 1.92 bits per heavy atom. The minimum absolute atomic E-state index is 0.0391. The Balaban J connectivity index is 1.57. The third kappa shape index (κ3) is 5.43. The van der Waals surface area contributed by atoms with Crippen LogP contribution in [0.2, 0.25) is 0 Å². The number of amides is 1. The topological polar surface area (TPSA) is 79.4 Å². The molecular weight excluding hydrogens is 350 g/mol. The van der Waals surface area contributed by atoms with Crippen LogP contribution in [0.3, 0.4) is 0 Å². The number of nitrogens with zero attached hydrogens (tertiary/aromatic N) is 2. The second-order valence-corrected chi connectivity index (χ2v) is 9.72. The van der Waals surface area contributed by atoms with Gasteiger partial charge in [-0.05, 0) is 31.2 Å². The maximum absolute atomic E-state index is 12.2. The summed E-state index contributed by atoms with van der Waals surface area (Å²) in [5.41, 5.74) is 1.03. The van der Waals surface area contributed by atoms with Crippen molar-refractivity contribution in [1.82, 2.24) is 10.3 Å². The van der Waals surface area contributed by atoms with E-state index in [1.807, 2.05) is 18.3 Å². The van der Waals surface area contributed by atoms with Crippen molar-refractivity contribution in [3.8, 4) is 0 Å². The predicted molar refractivity (Wildman–Crippen MR) is 103 cm³/mol. The van der Waals surface area contributed by atoms with Gasteiger partial charge in [0.1, 0.15) is 5.82 Å². The average Bonchev–Trinajstić information content (AvgIpc) is 2.92. The van der Waals surface area contributed by atoms with Crippen LogP contribution in [-0.2, 0) is 21.2 Å². The Morgan fingerprint density at radius 3 is 2.62 bits per heavy atom. The zero-order valence-electron chi connectivity index (χ0n) is 15.3. The third-order valence-electron chi connectivity index (χ3n) is 5.30. The van der Waals surface area contributed by atoms with Crippen molar-refractivity contribution in [2.75, 3.05) is 29.5 Å². The molecule has 0 saturated carbocycles. The van der Waals surface area contributed by atoms with Crippen LogP contribution in [0.5, 0.6) is 0 Å². The Morgan fingerprint density at radius 1 is 1.19 bits per heavy atom. The molecule has 0 aliphatic carbocycles. The first-order chi connectivity index (χ1) is 12.5. The molecule has 26 heavy (non-hydrogen) atoms. The SMILES string of the molecule is O=C(CC1CCS(=O)(=O)C1)NCc1cccnc1N1CCCCCCC1. The predicted octanol–water partition coefficient (Wildman–Crippen LogP) is 2.29. The highest BCUT2D eigenvalue weighted by atomic mass is 32.2. The molecule has 1 atom stereocenters. The van der Waals surface area contributed by atoms with Gasteiger partial charge in [0.05, 0.1) is 11.5 Å². The summed E-state index contributed by atoms with van der Waals surface area (Å²) < 4.78 is 23.1. The minimum atomic E-state index is -2.93. The van der Waals surface area contributed by atoms with Gasteiger partial charge in [-0.1, -0.05) is 25.3 Å². The van der Waals surface area contributed by atoms with Gasteiger partial charge in [0.15, 0.2) is 9.84 Å². The van der Waals surface area contributed by atoms with Gasteiger partial charge in [0, 0.05) is 37.8 Å². The summed E-state index contributed by atoms with van der Waals surface area (Å²) in [6.07, 6.45) is 8.90. The van der Waals surface area contributed by atoms with E-state index in [9.17, 15) is 13.2 Å². The summed E-state index contributed by atoms with van der Waals surface area (Å²) in [5.74, 6) is 1.22. The van der Waals surface area contributed by atoms with Gasteiger partial charge in [0.25, 0.3) is 0 Å². The van der Waals surface area contributed by atoms with Crippen molar-refractivity contribution < 1.29 is 13.2 Å². The molecule has 6 nitrogen and oxygen atoms in total. The summed E-state index contributed by atoms with van der Waals surface area (Å²) in [7, 11) is -2.93. The summed E-state index contributed by atoms with van der Waals surface area (Å²) in [4.78, 5) is 19.1. The fourth-order valence-corrected chi connectivity index (χ4v) is 5.74. The van der Waals surface area contributed by atoms with E-state index in [4.69, 9.17) is 0 Å². The van der Waals surface area contributed by atoms with E-state index in [1.165, 1.54) is 32.1 Å². The summed E-state index contributed by atoms with van der Waals surface area (Å²) in [5, 5.41) is 2.96. The molecule has 1 amide bonds. The van der Waals surface area contributed by atoms with Gasteiger partial charge in [-0.25, -0.2) is 13.4 Å². The number of nitrogens with one attached hydrogen (secondary N) is 1. The van der Waals surface area contributed by atoms with Crippen molar-refractivity contribution in [2.45, 2.75) is 51.5 Å². The second-order valence-electron chi connectivity index (χ2n) is 7.49. The largest absolute Gasteiger partial charge is 0.356 e. The number of anilines is 1. The first kappa shape index (κ1) is 19.1. The quantitative estimate of drug-likeness (QED) is 0.849. The van der Waals surface area contributed by atoms with Crippen molar-refractivity contribution in [2.24, 2.45) is 5.92 Å². The third-order valence-corrected chi connectivity index (χ3v) is 7.14. The molecule has 0 spiro atoms. The van der Waals surface area contributed by atoms with Crippen LogP contribution < -0.4 is 10.2 Å². The van der Waals surface area contributed by atoms with Crippen molar-refractivity contribution >= 4 is 21.6 Å². The number of hydrogen-bond acceptors (Lipinski definition) is 5. The number of aromatic nitrogens is 1. The van der Waals surface area contributed by atoms with Gasteiger partial charge < -0.3 is 10.2 Å². The molecule has 0 bridgehead atoms. The number of pyridine rings is 1. The molecule has 1 N–H and O–H groups in total. The maximum atomic E-state index is 12.2. The van der Waals surface area contributed by atoms with Gasteiger partial charge in [0.2, 0.25) is 5.91 Å². The van der Waals surface area contributed by atoms with E-state index in [0.717, 1.165) is 24.5 Å². The smallest absolute Gasteiger partial charge is 0.220 e. The Bertz CT molecular complexity index is 712. The molecule has 1 unspecified atom stereocenters. The highest BCUT2D eigenvalue weighted by molar-refractivity contribution is 7.91. The Kier molecular flexibility index (Phi) is 6.51. The molecule has 3 heterocycles. The van der Waals surface area contributed by atoms with Crippen molar-refractivity contribution in [1.29, 1.82) is 0 Å². The number of sulfone groups is 1. The molecule has 2 fully saturated rings. The molecule has 144 valence electrons. The zero-order valence-corrected chi connectivity index (χ0v) is 16.1. The van der Waals surface area contributed by atoms with E-state index >= 15 is 0 Å². The fourth-order valence-electron chi connectivity index (χ4n) is 3.87. The monoisotopic (exact) mass is 379 g/mol. The standard InChI is InChI=1S/C19H29N3O3S/c23-18(13-16-8-12-26(24,25)15-16)21-14-17-7-6-9-20-19(17)22-10-4-2-1-3-5-11-22/h6-7,9,16H,1-5,8,10-15H2,(H,21,23). The summed E-state index contributed by atoms with van der Waals surface area (Å²) >= 11 is 0. The van der Waals surface area contributed by atoms with Crippen LogP contribution in [0.1, 0.15) is 50.5 Å². The highest BCUT2D eigenvalue weighted by Crippen LogP contribution is 2.23. The van der Waals surface area contributed by atoms with Gasteiger partial charge in [-0.2, -0.15) is 0 Å². The molecule has 0 radical (unpaired) electrons. The lowest BCUT2D eigenvalue weighted by Crippen LogP contribution is -2.31. The zero-order chi connectivity index (χ0) is 18.4. The van der Waals surface area contributed by atoms with Gasteiger partial charge >= 0.3 is 0 Å².